The predicted molar refractivity (Wildman–Crippen MR) is 113 cm³/mol. The van der Waals surface area contributed by atoms with Crippen LogP contribution in [0.3, 0.4) is 0 Å². The van der Waals surface area contributed by atoms with Crippen LogP contribution in [0.25, 0.3) is 0 Å². The lowest BCUT2D eigenvalue weighted by atomic mass is 9.44. The first-order valence-corrected chi connectivity index (χ1v) is 11.0. The summed E-state index contributed by atoms with van der Waals surface area (Å²) in [5.74, 6) is 0.820. The number of carbonyl (C=O) groups is 2. The Kier molecular flexibility index (Phi) is 4.88. The number of hydrogen-bond acceptors (Lipinski definition) is 4. The van der Waals surface area contributed by atoms with Crippen molar-refractivity contribution in [2.45, 2.75) is 38.5 Å². The van der Waals surface area contributed by atoms with Gasteiger partial charge in [-0.05, 0) is 74.6 Å². The molecule has 0 atom stereocenters. The van der Waals surface area contributed by atoms with Gasteiger partial charge in [0.05, 0.1) is 24.3 Å². The summed E-state index contributed by atoms with van der Waals surface area (Å²) in [5.41, 5.74) is 1.28. The van der Waals surface area contributed by atoms with Gasteiger partial charge in [0.1, 0.15) is 0 Å². The fourth-order valence-corrected chi connectivity index (χ4v) is 6.74. The SMILES string of the molecule is O=C(OCC12CC3CC(C1)CC(COC(=O)c1ccccc1)(C3)C2)c1ccccc1. The topological polar surface area (TPSA) is 52.6 Å². The van der Waals surface area contributed by atoms with Gasteiger partial charge in [0.2, 0.25) is 0 Å². The van der Waals surface area contributed by atoms with E-state index < -0.39 is 0 Å². The molecule has 6 rings (SSSR count). The van der Waals surface area contributed by atoms with Crippen molar-refractivity contribution in [3.8, 4) is 0 Å². The molecule has 0 heterocycles. The summed E-state index contributed by atoms with van der Waals surface area (Å²) in [6.45, 7) is 0.949. The third-order valence-corrected chi connectivity index (χ3v) is 7.34. The van der Waals surface area contributed by atoms with Gasteiger partial charge in [-0.25, -0.2) is 9.59 Å². The number of esters is 2. The lowest BCUT2D eigenvalue weighted by Crippen LogP contribution is -2.55. The van der Waals surface area contributed by atoms with E-state index >= 15 is 0 Å². The summed E-state index contributed by atoms with van der Waals surface area (Å²) < 4.78 is 11.6. The quantitative estimate of drug-likeness (QED) is 0.614. The van der Waals surface area contributed by atoms with Crippen molar-refractivity contribution >= 4 is 11.9 Å². The highest BCUT2D eigenvalue weighted by Crippen LogP contribution is 2.65. The number of ether oxygens (including phenoxy) is 2. The van der Waals surface area contributed by atoms with E-state index in [9.17, 15) is 9.59 Å². The van der Waals surface area contributed by atoms with Crippen LogP contribution < -0.4 is 0 Å². The van der Waals surface area contributed by atoms with Gasteiger partial charge in [0.25, 0.3) is 0 Å². The molecule has 0 saturated heterocycles. The fraction of sp³-hybridized carbons (Fsp3) is 0.462. The third kappa shape index (κ3) is 3.76. The van der Waals surface area contributed by atoms with Crippen LogP contribution in [0.5, 0.6) is 0 Å². The van der Waals surface area contributed by atoms with Crippen LogP contribution >= 0.6 is 0 Å². The van der Waals surface area contributed by atoms with Gasteiger partial charge >= 0.3 is 11.9 Å². The van der Waals surface area contributed by atoms with Gasteiger partial charge in [-0.2, -0.15) is 0 Å². The largest absolute Gasteiger partial charge is 0.462 e. The molecular weight excluding hydrogens is 376 g/mol. The monoisotopic (exact) mass is 404 g/mol. The summed E-state index contributed by atoms with van der Waals surface area (Å²) >= 11 is 0. The van der Waals surface area contributed by atoms with Crippen molar-refractivity contribution in [3.05, 3.63) is 71.8 Å². The molecule has 0 aromatic heterocycles. The Morgan fingerprint density at radius 1 is 0.700 bits per heavy atom. The normalized spacial score (nSPS) is 31.3. The summed E-state index contributed by atoms with van der Waals surface area (Å²) in [6.07, 6.45) is 6.75. The Labute approximate surface area is 177 Å². The second kappa shape index (κ2) is 7.57. The van der Waals surface area contributed by atoms with Gasteiger partial charge in [0, 0.05) is 10.8 Å². The molecule has 4 bridgehead atoms. The summed E-state index contributed by atoms with van der Waals surface area (Å²) in [5, 5.41) is 0. The van der Waals surface area contributed by atoms with Crippen molar-refractivity contribution in [1.82, 2.24) is 0 Å². The maximum atomic E-state index is 12.5. The van der Waals surface area contributed by atoms with Gasteiger partial charge < -0.3 is 9.47 Å². The summed E-state index contributed by atoms with van der Waals surface area (Å²) in [7, 11) is 0. The third-order valence-electron chi connectivity index (χ3n) is 7.34. The van der Waals surface area contributed by atoms with Gasteiger partial charge in [0.15, 0.2) is 0 Å². The second-order valence-corrected chi connectivity index (χ2v) is 9.85. The highest BCUT2D eigenvalue weighted by molar-refractivity contribution is 5.89. The molecular formula is C26H28O4. The van der Waals surface area contributed by atoms with E-state index in [4.69, 9.17) is 9.47 Å². The molecule has 156 valence electrons. The van der Waals surface area contributed by atoms with Crippen LogP contribution in [0.4, 0.5) is 0 Å². The number of rotatable bonds is 6. The first kappa shape index (κ1) is 19.3. The Bertz CT molecular complexity index is 833. The lowest BCUT2D eigenvalue weighted by Gasteiger charge is -2.61. The zero-order valence-corrected chi connectivity index (χ0v) is 17.2. The van der Waals surface area contributed by atoms with Crippen LogP contribution in [0, 0.1) is 22.7 Å². The van der Waals surface area contributed by atoms with Crippen molar-refractivity contribution in [1.29, 1.82) is 0 Å². The molecule has 0 aliphatic heterocycles. The minimum atomic E-state index is -0.240. The van der Waals surface area contributed by atoms with E-state index in [2.05, 4.69) is 0 Å². The molecule has 4 aliphatic carbocycles. The summed E-state index contributed by atoms with van der Waals surface area (Å²) in [6, 6.07) is 18.4. The Morgan fingerprint density at radius 3 is 1.50 bits per heavy atom. The molecule has 4 nitrogen and oxygen atoms in total. The molecule has 0 N–H and O–H groups in total. The van der Waals surface area contributed by atoms with E-state index in [1.54, 1.807) is 24.3 Å². The van der Waals surface area contributed by atoms with E-state index in [-0.39, 0.29) is 22.8 Å². The maximum Gasteiger partial charge on any atom is 0.338 e. The lowest BCUT2D eigenvalue weighted by molar-refractivity contribution is -0.147. The molecule has 0 amide bonds. The van der Waals surface area contributed by atoms with Gasteiger partial charge in [-0.1, -0.05) is 36.4 Å². The molecule has 30 heavy (non-hydrogen) atoms. The van der Waals surface area contributed by atoms with Crippen molar-refractivity contribution < 1.29 is 19.1 Å². The fourth-order valence-electron chi connectivity index (χ4n) is 6.74. The number of benzene rings is 2. The smallest absolute Gasteiger partial charge is 0.338 e. The van der Waals surface area contributed by atoms with E-state index in [0.717, 1.165) is 32.1 Å². The van der Waals surface area contributed by atoms with Crippen LogP contribution in [0.1, 0.15) is 59.2 Å². The first-order valence-electron chi connectivity index (χ1n) is 11.0. The standard InChI is InChI=1S/C26H28O4/c27-23(21-7-3-1-4-8-21)29-17-25-12-19-11-20(13-25)15-26(14-19,16-25)18-30-24(28)22-9-5-2-6-10-22/h1-10,19-20H,11-18H2. The Hall–Kier alpha value is -2.62. The van der Waals surface area contributed by atoms with E-state index in [0.29, 0.717) is 36.2 Å². The Balaban J connectivity index is 1.26. The Morgan fingerprint density at radius 2 is 1.10 bits per heavy atom. The van der Waals surface area contributed by atoms with Crippen molar-refractivity contribution in [2.24, 2.45) is 22.7 Å². The van der Waals surface area contributed by atoms with E-state index in [1.807, 2.05) is 36.4 Å². The summed E-state index contributed by atoms with van der Waals surface area (Å²) in [4.78, 5) is 25.0. The predicted octanol–water partition coefficient (Wildman–Crippen LogP) is 5.29. The zero-order valence-electron chi connectivity index (χ0n) is 17.2. The van der Waals surface area contributed by atoms with Crippen LogP contribution in [-0.2, 0) is 9.47 Å². The second-order valence-electron chi connectivity index (χ2n) is 9.85. The van der Waals surface area contributed by atoms with Gasteiger partial charge in [-0.15, -0.1) is 0 Å². The molecule has 2 aromatic rings. The highest BCUT2D eigenvalue weighted by Gasteiger charge is 2.58. The molecule has 0 radical (unpaired) electrons. The number of carbonyl (C=O) groups excluding carboxylic acids is 2. The van der Waals surface area contributed by atoms with Crippen molar-refractivity contribution in [2.75, 3.05) is 13.2 Å². The highest BCUT2D eigenvalue weighted by atomic mass is 16.5. The molecule has 0 unspecified atom stereocenters. The molecule has 4 saturated carbocycles. The van der Waals surface area contributed by atoms with E-state index in [1.165, 1.54) is 6.42 Å². The van der Waals surface area contributed by atoms with Crippen molar-refractivity contribution in [3.63, 3.8) is 0 Å². The van der Waals surface area contributed by atoms with Gasteiger partial charge in [-0.3, -0.25) is 0 Å². The average Bonchev–Trinajstić information content (AvgIpc) is 2.76. The number of hydrogen-bond donors (Lipinski definition) is 0. The van der Waals surface area contributed by atoms with Crippen LogP contribution in [0.2, 0.25) is 0 Å². The zero-order chi connectivity index (χ0) is 20.6. The molecule has 4 heteroatoms. The first-order chi connectivity index (χ1) is 14.5. The molecule has 4 fully saturated rings. The maximum absolute atomic E-state index is 12.5. The van der Waals surface area contributed by atoms with Crippen LogP contribution in [-0.4, -0.2) is 25.2 Å². The van der Waals surface area contributed by atoms with Crippen LogP contribution in [0.15, 0.2) is 60.7 Å². The molecule has 4 aliphatic rings. The average molecular weight is 405 g/mol. The minimum absolute atomic E-state index is 0.0354. The molecule has 0 spiro atoms. The molecule has 2 aromatic carbocycles. The minimum Gasteiger partial charge on any atom is -0.462 e.